The SMILES string of the molecule is CCN(CCOCCN)CC(=O)Nc1ccccc1OC. The maximum absolute atomic E-state index is 12.1. The van der Waals surface area contributed by atoms with E-state index in [4.69, 9.17) is 15.2 Å². The minimum atomic E-state index is -0.0693. The largest absolute Gasteiger partial charge is 0.495 e. The average Bonchev–Trinajstić information content (AvgIpc) is 2.50. The first-order chi connectivity index (χ1) is 10.2. The molecule has 0 fully saturated rings. The minimum Gasteiger partial charge on any atom is -0.495 e. The van der Waals surface area contributed by atoms with Crippen LogP contribution in [0.1, 0.15) is 6.92 Å². The van der Waals surface area contributed by atoms with Gasteiger partial charge in [-0.25, -0.2) is 0 Å². The molecule has 3 N–H and O–H groups in total. The molecule has 0 bridgehead atoms. The molecule has 1 amide bonds. The Morgan fingerprint density at radius 2 is 2.10 bits per heavy atom. The molecule has 0 saturated heterocycles. The number of para-hydroxylation sites is 2. The second kappa shape index (κ2) is 10.1. The summed E-state index contributed by atoms with van der Waals surface area (Å²) in [6.45, 7) is 5.46. The third-order valence-electron chi connectivity index (χ3n) is 3.01. The fourth-order valence-corrected chi connectivity index (χ4v) is 1.87. The number of nitrogens with two attached hydrogens (primary N) is 1. The molecule has 0 aliphatic carbocycles. The Kier molecular flexibility index (Phi) is 8.42. The zero-order chi connectivity index (χ0) is 15.5. The van der Waals surface area contributed by atoms with Crippen molar-refractivity contribution in [1.29, 1.82) is 0 Å². The van der Waals surface area contributed by atoms with Crippen molar-refractivity contribution in [2.75, 3.05) is 51.8 Å². The number of carbonyl (C=O) groups excluding carboxylic acids is 1. The lowest BCUT2D eigenvalue weighted by Gasteiger charge is -2.20. The number of carbonyl (C=O) groups is 1. The van der Waals surface area contributed by atoms with Gasteiger partial charge in [-0.2, -0.15) is 0 Å². The molecular formula is C15H25N3O3. The highest BCUT2D eigenvalue weighted by molar-refractivity contribution is 5.93. The maximum atomic E-state index is 12.1. The van der Waals surface area contributed by atoms with Crippen LogP contribution in [-0.4, -0.2) is 57.3 Å². The molecule has 0 aliphatic rings. The normalized spacial score (nSPS) is 10.7. The summed E-state index contributed by atoms with van der Waals surface area (Å²) in [5.74, 6) is 0.584. The molecule has 6 nitrogen and oxygen atoms in total. The lowest BCUT2D eigenvalue weighted by atomic mass is 10.3. The molecule has 0 spiro atoms. The van der Waals surface area contributed by atoms with Crippen molar-refractivity contribution in [2.45, 2.75) is 6.92 Å². The lowest BCUT2D eigenvalue weighted by Crippen LogP contribution is -2.35. The fourth-order valence-electron chi connectivity index (χ4n) is 1.87. The molecule has 0 saturated carbocycles. The van der Waals surface area contributed by atoms with Gasteiger partial charge in [0.1, 0.15) is 5.75 Å². The van der Waals surface area contributed by atoms with Crippen molar-refractivity contribution in [3.05, 3.63) is 24.3 Å². The van der Waals surface area contributed by atoms with Crippen LogP contribution in [0.15, 0.2) is 24.3 Å². The quantitative estimate of drug-likeness (QED) is 0.628. The number of ether oxygens (including phenoxy) is 2. The summed E-state index contributed by atoms with van der Waals surface area (Å²) in [5.41, 5.74) is 6.04. The first-order valence-electron chi connectivity index (χ1n) is 7.14. The summed E-state index contributed by atoms with van der Waals surface area (Å²) in [6, 6.07) is 7.35. The van der Waals surface area contributed by atoms with Gasteiger partial charge in [0.05, 0.1) is 32.6 Å². The Morgan fingerprint density at radius 1 is 1.33 bits per heavy atom. The van der Waals surface area contributed by atoms with E-state index in [9.17, 15) is 4.79 Å². The number of likely N-dealkylation sites (N-methyl/N-ethyl adjacent to an activating group) is 1. The Hall–Kier alpha value is -1.63. The molecule has 0 unspecified atom stereocenters. The van der Waals surface area contributed by atoms with Gasteiger partial charge in [-0.05, 0) is 18.7 Å². The smallest absolute Gasteiger partial charge is 0.238 e. The maximum Gasteiger partial charge on any atom is 0.238 e. The Balaban J connectivity index is 2.43. The van der Waals surface area contributed by atoms with E-state index in [1.165, 1.54) is 0 Å². The van der Waals surface area contributed by atoms with Crippen LogP contribution in [0.5, 0.6) is 5.75 Å². The van der Waals surface area contributed by atoms with Crippen LogP contribution in [0, 0.1) is 0 Å². The standard InChI is InChI=1S/C15H25N3O3/c1-3-18(9-11-21-10-8-16)12-15(19)17-13-6-4-5-7-14(13)20-2/h4-7H,3,8-12,16H2,1-2H3,(H,17,19). The highest BCUT2D eigenvalue weighted by Crippen LogP contribution is 2.22. The van der Waals surface area contributed by atoms with Crippen molar-refractivity contribution in [2.24, 2.45) is 5.73 Å². The molecule has 0 atom stereocenters. The Bertz CT molecular complexity index is 426. The van der Waals surface area contributed by atoms with E-state index in [1.807, 2.05) is 36.1 Å². The van der Waals surface area contributed by atoms with Gasteiger partial charge in [0, 0.05) is 13.1 Å². The van der Waals surface area contributed by atoms with E-state index in [1.54, 1.807) is 7.11 Å². The van der Waals surface area contributed by atoms with E-state index >= 15 is 0 Å². The first kappa shape index (κ1) is 17.4. The number of benzene rings is 1. The van der Waals surface area contributed by atoms with E-state index in [-0.39, 0.29) is 5.91 Å². The summed E-state index contributed by atoms with van der Waals surface area (Å²) >= 11 is 0. The number of rotatable bonds is 10. The van der Waals surface area contributed by atoms with Gasteiger partial charge in [-0.3, -0.25) is 9.69 Å². The third kappa shape index (κ3) is 6.57. The first-order valence-corrected chi connectivity index (χ1v) is 7.14. The van der Waals surface area contributed by atoms with Crippen LogP contribution >= 0.6 is 0 Å². The predicted molar refractivity (Wildman–Crippen MR) is 83.6 cm³/mol. The summed E-state index contributed by atoms with van der Waals surface area (Å²) in [7, 11) is 1.58. The van der Waals surface area contributed by atoms with E-state index in [2.05, 4.69) is 5.32 Å². The van der Waals surface area contributed by atoms with Crippen LogP contribution in [-0.2, 0) is 9.53 Å². The van der Waals surface area contributed by atoms with E-state index in [0.29, 0.717) is 44.3 Å². The van der Waals surface area contributed by atoms with E-state index in [0.717, 1.165) is 6.54 Å². The topological polar surface area (TPSA) is 76.8 Å². The number of hydrogen-bond donors (Lipinski definition) is 2. The highest BCUT2D eigenvalue weighted by Gasteiger charge is 2.11. The molecule has 0 radical (unpaired) electrons. The summed E-state index contributed by atoms with van der Waals surface area (Å²) in [4.78, 5) is 14.1. The van der Waals surface area contributed by atoms with Gasteiger partial charge >= 0.3 is 0 Å². The molecule has 6 heteroatoms. The number of methoxy groups -OCH3 is 1. The number of anilines is 1. The second-order valence-corrected chi connectivity index (χ2v) is 4.52. The van der Waals surface area contributed by atoms with Crippen molar-refractivity contribution >= 4 is 11.6 Å². The zero-order valence-corrected chi connectivity index (χ0v) is 12.8. The third-order valence-corrected chi connectivity index (χ3v) is 3.01. The van der Waals surface area contributed by atoms with Crippen molar-refractivity contribution in [3.8, 4) is 5.75 Å². The number of nitrogens with zero attached hydrogens (tertiary/aromatic N) is 1. The molecule has 118 valence electrons. The Morgan fingerprint density at radius 3 is 2.76 bits per heavy atom. The summed E-state index contributed by atoms with van der Waals surface area (Å²) < 4.78 is 10.5. The van der Waals surface area contributed by atoms with Gasteiger partial charge in [0.15, 0.2) is 0 Å². The van der Waals surface area contributed by atoms with Crippen LogP contribution in [0.25, 0.3) is 0 Å². The van der Waals surface area contributed by atoms with Crippen molar-refractivity contribution < 1.29 is 14.3 Å². The predicted octanol–water partition coefficient (Wildman–Crippen LogP) is 0.931. The molecule has 21 heavy (non-hydrogen) atoms. The molecule has 1 rings (SSSR count). The molecule has 1 aromatic rings. The number of amides is 1. The van der Waals surface area contributed by atoms with Crippen molar-refractivity contribution in [1.82, 2.24) is 4.90 Å². The summed E-state index contributed by atoms with van der Waals surface area (Å²) in [6.07, 6.45) is 0. The van der Waals surface area contributed by atoms with Crippen molar-refractivity contribution in [3.63, 3.8) is 0 Å². The van der Waals surface area contributed by atoms with Gasteiger partial charge in [-0.15, -0.1) is 0 Å². The van der Waals surface area contributed by atoms with Crippen LogP contribution in [0.2, 0.25) is 0 Å². The van der Waals surface area contributed by atoms with Crippen LogP contribution in [0.3, 0.4) is 0 Å². The van der Waals surface area contributed by atoms with E-state index < -0.39 is 0 Å². The van der Waals surface area contributed by atoms with Gasteiger partial charge in [0.25, 0.3) is 0 Å². The fraction of sp³-hybridized carbons (Fsp3) is 0.533. The molecular weight excluding hydrogens is 270 g/mol. The van der Waals surface area contributed by atoms with Crippen LogP contribution < -0.4 is 15.8 Å². The summed E-state index contributed by atoms with van der Waals surface area (Å²) in [5, 5.41) is 2.86. The minimum absolute atomic E-state index is 0.0693. The number of hydrogen-bond acceptors (Lipinski definition) is 5. The molecule has 0 aromatic heterocycles. The zero-order valence-electron chi connectivity index (χ0n) is 12.8. The second-order valence-electron chi connectivity index (χ2n) is 4.52. The monoisotopic (exact) mass is 295 g/mol. The number of nitrogens with one attached hydrogen (secondary N) is 1. The average molecular weight is 295 g/mol. The molecule has 0 aliphatic heterocycles. The van der Waals surface area contributed by atoms with Gasteiger partial charge < -0.3 is 20.5 Å². The molecule has 0 heterocycles. The Labute approximate surface area is 126 Å². The molecule has 1 aromatic carbocycles. The van der Waals surface area contributed by atoms with Gasteiger partial charge in [0.2, 0.25) is 5.91 Å². The lowest BCUT2D eigenvalue weighted by molar-refractivity contribution is -0.117. The van der Waals surface area contributed by atoms with Gasteiger partial charge in [-0.1, -0.05) is 19.1 Å². The highest BCUT2D eigenvalue weighted by atomic mass is 16.5. The van der Waals surface area contributed by atoms with Crippen LogP contribution in [0.4, 0.5) is 5.69 Å².